The van der Waals surface area contributed by atoms with E-state index in [4.69, 9.17) is 11.2 Å². The fourth-order valence-electron chi connectivity index (χ4n) is 6.97. The fourth-order valence-corrected chi connectivity index (χ4v) is 6.97. The molecular weight excluding hydrogens is 344 g/mol. The molecule has 2 saturated carbocycles. The molecule has 4 aliphatic rings. The Morgan fingerprint density at radius 1 is 1.21 bits per heavy atom. The van der Waals surface area contributed by atoms with Crippen molar-refractivity contribution >= 4 is 5.78 Å². The molecule has 0 heterocycles. The third-order valence-electron chi connectivity index (χ3n) is 8.79. The van der Waals surface area contributed by atoms with Crippen LogP contribution in [0.25, 0.3) is 0 Å². The maximum absolute atomic E-state index is 12.0. The zero-order chi connectivity index (χ0) is 20.0. The topological polar surface area (TPSA) is 26.3 Å². The van der Waals surface area contributed by atoms with Crippen LogP contribution in [0.15, 0.2) is 23.3 Å². The van der Waals surface area contributed by atoms with E-state index in [1.807, 2.05) is 6.08 Å². The van der Waals surface area contributed by atoms with Gasteiger partial charge in [0.15, 0.2) is 5.78 Å². The summed E-state index contributed by atoms with van der Waals surface area (Å²) in [7, 11) is 0. The normalized spacial score (nSPS) is 42.0. The molecule has 0 bridgehead atoms. The number of rotatable bonds is 5. The molecule has 2 fully saturated rings. The minimum Gasteiger partial charge on any atom is -0.362 e. The van der Waals surface area contributed by atoms with Gasteiger partial charge < -0.3 is 4.74 Å². The van der Waals surface area contributed by atoms with E-state index in [0.29, 0.717) is 24.0 Å². The zero-order valence-corrected chi connectivity index (χ0v) is 18.0. The minimum atomic E-state index is -0.410. The average Bonchev–Trinajstić information content (AvgIpc) is 2.99. The minimum absolute atomic E-state index is 0.0319. The number of allylic oxidation sites excluding steroid dienone is 4. The van der Waals surface area contributed by atoms with Gasteiger partial charge in [-0.2, -0.15) is 0 Å². The van der Waals surface area contributed by atoms with Crippen molar-refractivity contribution in [1.29, 1.82) is 0 Å². The Morgan fingerprint density at radius 3 is 2.79 bits per heavy atom. The number of hydrogen-bond donors (Lipinski definition) is 0. The van der Waals surface area contributed by atoms with E-state index in [0.717, 1.165) is 45.1 Å². The molecule has 0 aliphatic heterocycles. The Kier molecular flexibility index (Phi) is 5.11. The van der Waals surface area contributed by atoms with Gasteiger partial charge in [-0.05, 0) is 62.9 Å². The van der Waals surface area contributed by atoms with Crippen molar-refractivity contribution in [3.8, 4) is 12.3 Å². The van der Waals surface area contributed by atoms with E-state index < -0.39 is 5.60 Å². The first-order valence-corrected chi connectivity index (χ1v) is 11.5. The number of hydrogen-bond acceptors (Lipinski definition) is 2. The second-order valence-corrected chi connectivity index (χ2v) is 10.1. The molecular formula is C26H36O2. The Bertz CT molecular complexity index is 753. The van der Waals surface area contributed by atoms with Crippen molar-refractivity contribution in [2.75, 3.05) is 6.61 Å². The summed E-state index contributed by atoms with van der Waals surface area (Å²) >= 11 is 0. The summed E-state index contributed by atoms with van der Waals surface area (Å²) in [5, 5.41) is 0. The van der Waals surface area contributed by atoms with E-state index >= 15 is 0 Å². The maximum Gasteiger partial charge on any atom is 0.155 e. The number of unbranched alkanes of at least 4 members (excludes halogenated alkanes) is 2. The van der Waals surface area contributed by atoms with E-state index in [-0.39, 0.29) is 10.8 Å². The number of carbonyl (C=O) groups excluding carboxylic acids is 1. The molecule has 152 valence electrons. The van der Waals surface area contributed by atoms with Crippen LogP contribution in [0.1, 0.15) is 85.0 Å². The molecule has 0 spiro atoms. The summed E-state index contributed by atoms with van der Waals surface area (Å²) in [5.74, 6) is 4.68. The SMILES string of the molecule is C#C[C@]1(OCCCCC)CC[C@H]2[C@@H]3CCC4=CC(=O)CC[C@]4(C)C3=CC[C@@]21C. The van der Waals surface area contributed by atoms with Crippen molar-refractivity contribution in [3.05, 3.63) is 23.3 Å². The number of carbonyl (C=O) groups is 1. The molecule has 0 aromatic rings. The van der Waals surface area contributed by atoms with E-state index in [1.54, 1.807) is 5.57 Å². The highest BCUT2D eigenvalue weighted by molar-refractivity contribution is 5.92. The predicted molar refractivity (Wildman–Crippen MR) is 114 cm³/mol. The number of fused-ring (bicyclic) bond motifs is 5. The van der Waals surface area contributed by atoms with Gasteiger partial charge in [0.05, 0.1) is 0 Å². The monoisotopic (exact) mass is 380 g/mol. The van der Waals surface area contributed by atoms with Crippen LogP contribution in [0.4, 0.5) is 0 Å². The lowest BCUT2D eigenvalue weighted by atomic mass is 9.51. The fraction of sp³-hybridized carbons (Fsp3) is 0.731. The quantitative estimate of drug-likeness (QED) is 0.331. The van der Waals surface area contributed by atoms with Crippen LogP contribution < -0.4 is 0 Å². The first-order valence-electron chi connectivity index (χ1n) is 11.5. The molecule has 2 nitrogen and oxygen atoms in total. The van der Waals surface area contributed by atoms with Crippen molar-refractivity contribution in [2.24, 2.45) is 22.7 Å². The van der Waals surface area contributed by atoms with E-state index in [1.165, 1.54) is 24.8 Å². The van der Waals surface area contributed by atoms with Crippen LogP contribution in [-0.4, -0.2) is 18.0 Å². The van der Waals surface area contributed by atoms with Crippen LogP contribution in [0, 0.1) is 35.0 Å². The van der Waals surface area contributed by atoms with Crippen LogP contribution in [-0.2, 0) is 9.53 Å². The Morgan fingerprint density at radius 2 is 2.04 bits per heavy atom. The van der Waals surface area contributed by atoms with Gasteiger partial charge in [0, 0.05) is 23.9 Å². The van der Waals surface area contributed by atoms with Gasteiger partial charge in [0.25, 0.3) is 0 Å². The summed E-state index contributed by atoms with van der Waals surface area (Å²) in [5.41, 5.74) is 2.71. The van der Waals surface area contributed by atoms with Gasteiger partial charge in [-0.1, -0.05) is 56.8 Å². The average molecular weight is 381 g/mol. The van der Waals surface area contributed by atoms with Crippen LogP contribution in [0.3, 0.4) is 0 Å². The molecule has 0 aromatic carbocycles. The Hall–Kier alpha value is -1.33. The first-order chi connectivity index (χ1) is 13.4. The lowest BCUT2D eigenvalue weighted by Crippen LogP contribution is -2.51. The van der Waals surface area contributed by atoms with E-state index in [9.17, 15) is 4.79 Å². The maximum atomic E-state index is 12.0. The molecule has 4 aliphatic carbocycles. The highest BCUT2D eigenvalue weighted by atomic mass is 16.5. The second kappa shape index (κ2) is 7.17. The van der Waals surface area contributed by atoms with Gasteiger partial charge >= 0.3 is 0 Å². The zero-order valence-electron chi connectivity index (χ0n) is 18.0. The summed E-state index contributed by atoms with van der Waals surface area (Å²) in [4.78, 5) is 12.0. The molecule has 0 unspecified atom stereocenters. The summed E-state index contributed by atoms with van der Waals surface area (Å²) in [6.45, 7) is 7.79. The molecule has 0 saturated heterocycles. The molecule has 0 radical (unpaired) electrons. The van der Waals surface area contributed by atoms with Gasteiger partial charge in [0.1, 0.15) is 5.60 Å². The molecule has 4 rings (SSSR count). The lowest BCUT2D eigenvalue weighted by molar-refractivity contribution is -0.115. The molecule has 0 amide bonds. The molecule has 0 aromatic heterocycles. The standard InChI is InChI=1S/C26H36O2/c1-5-7-8-17-28-26(6-2)16-13-23-21-10-9-19-18-20(27)11-14-24(19,3)22(21)12-15-25(23,26)4/h2,12,18,21,23H,5,7-11,13-17H2,1,3-4H3/t21-,23+,24+,25+,26+/m1/s1. The molecule has 2 heteroatoms. The van der Waals surface area contributed by atoms with E-state index in [2.05, 4.69) is 32.8 Å². The van der Waals surface area contributed by atoms with Crippen molar-refractivity contribution in [1.82, 2.24) is 0 Å². The highest BCUT2D eigenvalue weighted by Gasteiger charge is 2.62. The van der Waals surface area contributed by atoms with Gasteiger partial charge in [0.2, 0.25) is 0 Å². The van der Waals surface area contributed by atoms with Gasteiger partial charge in [-0.25, -0.2) is 0 Å². The number of terminal acetylenes is 1. The highest BCUT2D eigenvalue weighted by Crippen LogP contribution is 2.66. The van der Waals surface area contributed by atoms with Crippen molar-refractivity contribution in [3.63, 3.8) is 0 Å². The third kappa shape index (κ3) is 2.77. The lowest BCUT2D eigenvalue weighted by Gasteiger charge is -2.54. The second-order valence-electron chi connectivity index (χ2n) is 10.1. The predicted octanol–water partition coefficient (Wildman–Crippen LogP) is 6.02. The summed E-state index contributed by atoms with van der Waals surface area (Å²) < 4.78 is 6.52. The number of ether oxygens (including phenoxy) is 1. The van der Waals surface area contributed by atoms with Crippen LogP contribution >= 0.6 is 0 Å². The third-order valence-corrected chi connectivity index (χ3v) is 8.79. The summed E-state index contributed by atoms with van der Waals surface area (Å²) in [6, 6.07) is 0. The molecule has 0 N–H and O–H groups in total. The van der Waals surface area contributed by atoms with Crippen LogP contribution in [0.2, 0.25) is 0 Å². The molecule has 5 atom stereocenters. The largest absolute Gasteiger partial charge is 0.362 e. The first kappa shape index (κ1) is 20.0. The van der Waals surface area contributed by atoms with Crippen molar-refractivity contribution in [2.45, 2.75) is 90.6 Å². The Balaban J connectivity index is 1.63. The summed E-state index contributed by atoms with van der Waals surface area (Å²) in [6.07, 6.45) is 21.2. The van der Waals surface area contributed by atoms with Crippen molar-refractivity contribution < 1.29 is 9.53 Å². The van der Waals surface area contributed by atoms with Gasteiger partial charge in [-0.3, -0.25) is 4.79 Å². The van der Waals surface area contributed by atoms with Crippen LogP contribution in [0.5, 0.6) is 0 Å². The molecule has 28 heavy (non-hydrogen) atoms. The Labute approximate surface area is 171 Å². The number of ketones is 1. The smallest absolute Gasteiger partial charge is 0.155 e. The van der Waals surface area contributed by atoms with Gasteiger partial charge in [-0.15, -0.1) is 6.42 Å².